The van der Waals surface area contributed by atoms with Crippen molar-refractivity contribution in [1.29, 1.82) is 0 Å². The van der Waals surface area contributed by atoms with E-state index in [0.717, 1.165) is 22.5 Å². The summed E-state index contributed by atoms with van der Waals surface area (Å²) in [6.45, 7) is 1.95. The van der Waals surface area contributed by atoms with Crippen molar-refractivity contribution in [3.8, 4) is 11.3 Å². The van der Waals surface area contributed by atoms with Crippen molar-refractivity contribution < 1.29 is 9.18 Å². The topological polar surface area (TPSA) is 66.9 Å². The maximum Gasteiger partial charge on any atom is 0.255 e. The molecule has 0 aliphatic heterocycles. The van der Waals surface area contributed by atoms with Crippen LogP contribution >= 0.6 is 0 Å². The fraction of sp³-hybridized carbons (Fsp3) is 0.0417. The van der Waals surface area contributed by atoms with Crippen LogP contribution in [0.3, 0.4) is 0 Å². The first-order valence-corrected chi connectivity index (χ1v) is 9.40. The molecule has 5 nitrogen and oxygen atoms in total. The second-order valence-electron chi connectivity index (χ2n) is 6.77. The minimum atomic E-state index is -0.294. The Kier molecular flexibility index (Phi) is 5.48. The van der Waals surface area contributed by atoms with E-state index in [1.807, 2.05) is 43.3 Å². The Labute approximate surface area is 173 Å². The third kappa shape index (κ3) is 4.50. The number of anilines is 3. The molecule has 0 spiro atoms. The minimum Gasteiger partial charge on any atom is -0.340 e. The van der Waals surface area contributed by atoms with Gasteiger partial charge in [0.1, 0.15) is 18.0 Å². The molecule has 0 fully saturated rings. The third-order valence-corrected chi connectivity index (χ3v) is 4.62. The van der Waals surface area contributed by atoms with Gasteiger partial charge in [-0.25, -0.2) is 14.4 Å². The molecule has 1 heterocycles. The zero-order valence-electron chi connectivity index (χ0n) is 16.3. The van der Waals surface area contributed by atoms with Gasteiger partial charge >= 0.3 is 0 Å². The van der Waals surface area contributed by atoms with Crippen molar-refractivity contribution in [2.24, 2.45) is 0 Å². The normalized spacial score (nSPS) is 10.5. The largest absolute Gasteiger partial charge is 0.340 e. The summed E-state index contributed by atoms with van der Waals surface area (Å²) in [5.41, 5.74) is 4.61. The Morgan fingerprint density at radius 1 is 0.900 bits per heavy atom. The van der Waals surface area contributed by atoms with Gasteiger partial charge in [0.15, 0.2) is 0 Å². The highest BCUT2D eigenvalue weighted by Crippen LogP contribution is 2.22. The molecule has 0 saturated carbocycles. The van der Waals surface area contributed by atoms with Crippen LogP contribution < -0.4 is 10.6 Å². The second-order valence-corrected chi connectivity index (χ2v) is 6.77. The molecule has 1 aromatic heterocycles. The van der Waals surface area contributed by atoms with E-state index in [9.17, 15) is 9.18 Å². The Bertz CT molecular complexity index is 1170. The number of nitrogens with zero attached hydrogens (tertiary/aromatic N) is 2. The van der Waals surface area contributed by atoms with Crippen LogP contribution in [0.5, 0.6) is 0 Å². The molecular formula is C24H19FN4O. The van der Waals surface area contributed by atoms with E-state index in [1.165, 1.54) is 18.5 Å². The smallest absolute Gasteiger partial charge is 0.255 e. The van der Waals surface area contributed by atoms with Crippen LogP contribution in [0, 0.1) is 12.7 Å². The summed E-state index contributed by atoms with van der Waals surface area (Å²) in [7, 11) is 0. The van der Waals surface area contributed by atoms with E-state index < -0.39 is 0 Å². The molecule has 4 aromatic rings. The highest BCUT2D eigenvalue weighted by atomic mass is 19.1. The van der Waals surface area contributed by atoms with E-state index in [2.05, 4.69) is 20.6 Å². The SMILES string of the molecule is Cc1ccccc1NC(=O)c1ccc(Nc2cc(-c3ccc(F)cc3)ncn2)cc1. The van der Waals surface area contributed by atoms with E-state index >= 15 is 0 Å². The minimum absolute atomic E-state index is 0.170. The predicted molar refractivity (Wildman–Crippen MR) is 116 cm³/mol. The maximum atomic E-state index is 13.1. The molecule has 0 unspecified atom stereocenters. The number of halogens is 1. The number of aryl methyl sites for hydroxylation is 1. The third-order valence-electron chi connectivity index (χ3n) is 4.62. The van der Waals surface area contributed by atoms with Gasteiger partial charge in [-0.1, -0.05) is 18.2 Å². The number of amides is 1. The van der Waals surface area contributed by atoms with Gasteiger partial charge in [-0.2, -0.15) is 0 Å². The van der Waals surface area contributed by atoms with Gasteiger partial charge in [0.05, 0.1) is 5.69 Å². The lowest BCUT2D eigenvalue weighted by Gasteiger charge is -2.10. The average molecular weight is 398 g/mol. The molecule has 6 heteroatoms. The van der Waals surface area contributed by atoms with Gasteiger partial charge in [0.2, 0.25) is 0 Å². The molecule has 0 radical (unpaired) electrons. The number of carbonyl (C=O) groups excluding carboxylic acids is 1. The molecule has 1 amide bonds. The number of benzene rings is 3. The molecule has 0 aliphatic rings. The van der Waals surface area contributed by atoms with Crippen LogP contribution in [0.25, 0.3) is 11.3 Å². The maximum absolute atomic E-state index is 13.1. The fourth-order valence-corrected chi connectivity index (χ4v) is 2.96. The zero-order valence-corrected chi connectivity index (χ0v) is 16.3. The van der Waals surface area contributed by atoms with Crippen molar-refractivity contribution in [1.82, 2.24) is 9.97 Å². The molecule has 0 aliphatic carbocycles. The Hall–Kier alpha value is -4.06. The summed E-state index contributed by atoms with van der Waals surface area (Å²) in [6.07, 6.45) is 1.45. The molecule has 0 saturated heterocycles. The summed E-state index contributed by atoms with van der Waals surface area (Å²) in [5.74, 6) is 0.135. The molecule has 0 bridgehead atoms. The van der Waals surface area contributed by atoms with Gasteiger partial charge in [-0.3, -0.25) is 4.79 Å². The Morgan fingerprint density at radius 3 is 2.37 bits per heavy atom. The monoisotopic (exact) mass is 398 g/mol. The quantitative estimate of drug-likeness (QED) is 0.460. The van der Waals surface area contributed by atoms with Crippen molar-refractivity contribution in [2.75, 3.05) is 10.6 Å². The predicted octanol–water partition coefficient (Wildman–Crippen LogP) is 5.59. The second kappa shape index (κ2) is 8.53. The van der Waals surface area contributed by atoms with Gasteiger partial charge in [-0.05, 0) is 67.1 Å². The first-order chi connectivity index (χ1) is 14.6. The number of para-hydroxylation sites is 1. The molecular weight excluding hydrogens is 379 g/mol. The summed E-state index contributed by atoms with van der Waals surface area (Å²) >= 11 is 0. The van der Waals surface area contributed by atoms with E-state index in [-0.39, 0.29) is 11.7 Å². The van der Waals surface area contributed by atoms with Crippen molar-refractivity contribution in [2.45, 2.75) is 6.92 Å². The number of rotatable bonds is 5. The van der Waals surface area contributed by atoms with Crippen LogP contribution in [0.1, 0.15) is 15.9 Å². The van der Waals surface area contributed by atoms with Crippen LogP contribution in [-0.2, 0) is 0 Å². The first kappa shape index (κ1) is 19.3. The Balaban J connectivity index is 1.46. The summed E-state index contributed by atoms with van der Waals surface area (Å²) in [4.78, 5) is 20.9. The molecule has 3 aromatic carbocycles. The van der Waals surface area contributed by atoms with E-state index in [1.54, 1.807) is 30.3 Å². The lowest BCUT2D eigenvalue weighted by Crippen LogP contribution is -2.12. The number of hydrogen-bond donors (Lipinski definition) is 2. The first-order valence-electron chi connectivity index (χ1n) is 9.40. The van der Waals surface area contributed by atoms with Gasteiger partial charge in [-0.15, -0.1) is 0 Å². The summed E-state index contributed by atoms with van der Waals surface area (Å²) < 4.78 is 13.1. The van der Waals surface area contributed by atoms with Crippen molar-refractivity contribution >= 4 is 23.1 Å². The molecule has 30 heavy (non-hydrogen) atoms. The molecule has 148 valence electrons. The lowest BCUT2D eigenvalue weighted by molar-refractivity contribution is 0.102. The van der Waals surface area contributed by atoms with Gasteiger partial charge in [0, 0.05) is 28.6 Å². The standard InChI is InChI=1S/C24H19FN4O/c1-16-4-2-3-5-21(16)29-24(30)18-8-12-20(13-9-18)28-23-14-22(26-15-27-23)17-6-10-19(25)11-7-17/h2-15H,1H3,(H,29,30)(H,26,27,28). The lowest BCUT2D eigenvalue weighted by atomic mass is 10.1. The van der Waals surface area contributed by atoms with Gasteiger partial charge in [0.25, 0.3) is 5.91 Å². The van der Waals surface area contributed by atoms with Gasteiger partial charge < -0.3 is 10.6 Å². The number of aromatic nitrogens is 2. The van der Waals surface area contributed by atoms with Crippen LogP contribution in [-0.4, -0.2) is 15.9 Å². The summed E-state index contributed by atoms with van der Waals surface area (Å²) in [6, 6.07) is 22.7. The molecule has 0 atom stereocenters. The van der Waals surface area contributed by atoms with Crippen molar-refractivity contribution in [3.63, 3.8) is 0 Å². The number of carbonyl (C=O) groups is 1. The summed E-state index contributed by atoms with van der Waals surface area (Å²) in [5, 5.41) is 6.11. The zero-order chi connectivity index (χ0) is 20.9. The highest BCUT2D eigenvalue weighted by Gasteiger charge is 2.08. The molecule has 2 N–H and O–H groups in total. The number of hydrogen-bond acceptors (Lipinski definition) is 4. The molecule has 4 rings (SSSR count). The number of nitrogens with one attached hydrogen (secondary N) is 2. The highest BCUT2D eigenvalue weighted by molar-refractivity contribution is 6.04. The fourth-order valence-electron chi connectivity index (χ4n) is 2.96. The van der Waals surface area contributed by atoms with Crippen LogP contribution in [0.2, 0.25) is 0 Å². The Morgan fingerprint density at radius 2 is 1.63 bits per heavy atom. The van der Waals surface area contributed by atoms with E-state index in [4.69, 9.17) is 0 Å². The van der Waals surface area contributed by atoms with E-state index in [0.29, 0.717) is 17.1 Å². The van der Waals surface area contributed by atoms with Crippen LogP contribution in [0.15, 0.2) is 85.2 Å². The average Bonchev–Trinajstić information content (AvgIpc) is 2.76. The van der Waals surface area contributed by atoms with Crippen molar-refractivity contribution in [3.05, 3.63) is 102 Å². The van der Waals surface area contributed by atoms with Crippen LogP contribution in [0.4, 0.5) is 21.6 Å².